The largest absolute Gasteiger partial charge is 0.359 e. The van der Waals surface area contributed by atoms with Crippen molar-refractivity contribution < 1.29 is 0 Å². The van der Waals surface area contributed by atoms with Crippen molar-refractivity contribution in [2.24, 2.45) is 0 Å². The monoisotopic (exact) mass is 717 g/mol. The topological polar surface area (TPSA) is 18.5 Å². The molecule has 0 fully saturated rings. The maximum atomic E-state index is 3.75. The van der Waals surface area contributed by atoms with Gasteiger partial charge in [0.25, 0.3) is 0 Å². The van der Waals surface area contributed by atoms with Crippen LogP contribution in [0.2, 0.25) is 0 Å². The lowest BCUT2D eigenvalue weighted by Crippen LogP contribution is -2.23. The fourth-order valence-corrected chi connectivity index (χ4v) is 8.04. The van der Waals surface area contributed by atoms with Crippen LogP contribution in [0.25, 0.3) is 44.2 Å². The van der Waals surface area contributed by atoms with Crippen LogP contribution in [0.3, 0.4) is 0 Å². The second-order valence-electron chi connectivity index (χ2n) is 14.3. The van der Waals surface area contributed by atoms with Gasteiger partial charge in [-0.3, -0.25) is 0 Å². The van der Waals surface area contributed by atoms with Gasteiger partial charge in [0.1, 0.15) is 6.17 Å². The molecule has 1 aliphatic rings. The molecular formula is C53H39N3. The van der Waals surface area contributed by atoms with E-state index < -0.39 is 0 Å². The Labute approximate surface area is 328 Å². The van der Waals surface area contributed by atoms with Gasteiger partial charge in [-0.05, 0) is 98.9 Å². The third-order valence-corrected chi connectivity index (χ3v) is 10.9. The molecule has 3 nitrogen and oxygen atoms in total. The highest BCUT2D eigenvalue weighted by Gasteiger charge is 2.30. The minimum Gasteiger partial charge on any atom is -0.359 e. The molecule has 1 N–H and O–H groups in total. The van der Waals surface area contributed by atoms with Crippen molar-refractivity contribution in [1.82, 2.24) is 0 Å². The van der Waals surface area contributed by atoms with Crippen LogP contribution in [0.1, 0.15) is 11.7 Å². The number of hydrogen-bond acceptors (Lipinski definition) is 3. The second-order valence-corrected chi connectivity index (χ2v) is 14.3. The van der Waals surface area contributed by atoms with Crippen LogP contribution in [0, 0.1) is 0 Å². The van der Waals surface area contributed by atoms with Crippen LogP contribution in [0.15, 0.2) is 224 Å². The van der Waals surface area contributed by atoms with Gasteiger partial charge in [-0.2, -0.15) is 0 Å². The molecule has 0 spiro atoms. The van der Waals surface area contributed by atoms with Crippen molar-refractivity contribution >= 4 is 44.9 Å². The van der Waals surface area contributed by atoms with Crippen LogP contribution in [-0.2, 0) is 0 Å². The Morgan fingerprint density at radius 3 is 1.46 bits per heavy atom. The maximum Gasteiger partial charge on any atom is 0.130 e. The van der Waals surface area contributed by atoms with Crippen molar-refractivity contribution in [3.8, 4) is 33.4 Å². The fourth-order valence-electron chi connectivity index (χ4n) is 8.04. The average molecular weight is 718 g/mol. The summed E-state index contributed by atoms with van der Waals surface area (Å²) in [7, 11) is 0. The molecule has 0 aromatic heterocycles. The number of rotatable bonds is 8. The van der Waals surface area contributed by atoms with E-state index in [0.717, 1.165) is 22.7 Å². The van der Waals surface area contributed by atoms with E-state index in [1.54, 1.807) is 0 Å². The molecule has 0 saturated carbocycles. The molecule has 0 saturated heterocycles. The maximum absolute atomic E-state index is 3.75. The number of hydrogen-bond donors (Lipinski definition) is 1. The summed E-state index contributed by atoms with van der Waals surface area (Å²) >= 11 is 0. The van der Waals surface area contributed by atoms with E-state index in [2.05, 4.69) is 240 Å². The third kappa shape index (κ3) is 6.25. The van der Waals surface area contributed by atoms with E-state index in [-0.39, 0.29) is 6.17 Å². The summed E-state index contributed by atoms with van der Waals surface area (Å²) in [5.74, 6) is 0. The van der Waals surface area contributed by atoms with E-state index in [1.807, 2.05) is 0 Å². The zero-order valence-corrected chi connectivity index (χ0v) is 30.8. The number of nitrogens with one attached hydrogen (secondary N) is 1. The Morgan fingerprint density at radius 1 is 0.375 bits per heavy atom. The first kappa shape index (κ1) is 33.2. The lowest BCUT2D eigenvalue weighted by Gasteiger charge is -2.27. The number of benzene rings is 9. The van der Waals surface area contributed by atoms with Gasteiger partial charge in [-0.15, -0.1) is 0 Å². The van der Waals surface area contributed by atoms with Crippen LogP contribution >= 0.6 is 0 Å². The quantitative estimate of drug-likeness (QED) is 0.169. The van der Waals surface area contributed by atoms with Crippen molar-refractivity contribution in [3.05, 3.63) is 230 Å². The molecule has 266 valence electrons. The van der Waals surface area contributed by atoms with Crippen molar-refractivity contribution in [2.75, 3.05) is 15.1 Å². The summed E-state index contributed by atoms with van der Waals surface area (Å²) in [5, 5.41) is 6.20. The minimum absolute atomic E-state index is 0.0196. The molecule has 1 atom stereocenters. The van der Waals surface area contributed by atoms with E-state index in [4.69, 9.17) is 0 Å². The summed E-state index contributed by atoms with van der Waals surface area (Å²) in [6, 6.07) is 80.6. The molecule has 3 heteroatoms. The van der Waals surface area contributed by atoms with Crippen LogP contribution in [0.5, 0.6) is 0 Å². The number of fused-ring (bicyclic) bond motifs is 2. The fraction of sp³-hybridized carbons (Fsp3) is 0.0189. The molecule has 0 aliphatic carbocycles. The smallest absolute Gasteiger partial charge is 0.130 e. The molecule has 9 aromatic carbocycles. The first-order chi connectivity index (χ1) is 27.8. The van der Waals surface area contributed by atoms with Gasteiger partial charge < -0.3 is 15.1 Å². The van der Waals surface area contributed by atoms with Crippen molar-refractivity contribution in [3.63, 3.8) is 0 Å². The van der Waals surface area contributed by atoms with Crippen LogP contribution in [0.4, 0.5) is 34.1 Å². The Hall–Kier alpha value is -7.36. The van der Waals surface area contributed by atoms with E-state index in [0.29, 0.717) is 0 Å². The van der Waals surface area contributed by atoms with E-state index in [1.165, 1.54) is 61.1 Å². The predicted octanol–water partition coefficient (Wildman–Crippen LogP) is 14.6. The lowest BCUT2D eigenvalue weighted by atomic mass is 9.97. The molecule has 0 bridgehead atoms. The summed E-state index contributed by atoms with van der Waals surface area (Å²) in [6.07, 6.45) is 0.0196. The molecule has 56 heavy (non-hydrogen) atoms. The summed E-state index contributed by atoms with van der Waals surface area (Å²) in [6.45, 7) is 0. The zero-order chi connectivity index (χ0) is 37.3. The highest BCUT2D eigenvalue weighted by atomic mass is 15.3. The number of para-hydroxylation sites is 4. The van der Waals surface area contributed by atoms with Gasteiger partial charge in [-0.1, -0.05) is 170 Å². The number of anilines is 6. The highest BCUT2D eigenvalue weighted by molar-refractivity contribution is 5.99. The lowest BCUT2D eigenvalue weighted by molar-refractivity contribution is 0.828. The standard InChI is InChI=1S/C53H39N3/c1-3-14-46(15-4-1)55(51-21-11-13-44-12-7-8-18-49(44)51)48-36-34-43(35-37-48)41-28-26-39(27-29-41)38-22-24-40(25-23-38)42-30-32-45(33-31-42)53-54-50-19-9-10-20-52(50)56(53)47-16-5-2-6-17-47/h1-37,53-54H. The predicted molar refractivity (Wildman–Crippen MR) is 236 cm³/mol. The molecular weight excluding hydrogens is 679 g/mol. The van der Waals surface area contributed by atoms with Gasteiger partial charge in [0, 0.05) is 22.4 Å². The van der Waals surface area contributed by atoms with Gasteiger partial charge >= 0.3 is 0 Å². The number of nitrogens with zero attached hydrogens (tertiary/aromatic N) is 2. The third-order valence-electron chi connectivity index (χ3n) is 10.9. The minimum atomic E-state index is 0.0196. The normalized spacial score (nSPS) is 13.3. The van der Waals surface area contributed by atoms with Gasteiger partial charge in [0.05, 0.1) is 17.1 Å². The van der Waals surface area contributed by atoms with Gasteiger partial charge in [0.2, 0.25) is 0 Å². The summed E-state index contributed by atoms with van der Waals surface area (Å²) in [4.78, 5) is 4.73. The molecule has 0 amide bonds. The molecule has 9 aromatic rings. The van der Waals surface area contributed by atoms with Crippen molar-refractivity contribution in [2.45, 2.75) is 6.17 Å². The average Bonchev–Trinajstić information content (AvgIpc) is 3.68. The Kier molecular flexibility index (Phi) is 8.58. The zero-order valence-electron chi connectivity index (χ0n) is 30.8. The molecule has 1 unspecified atom stereocenters. The van der Waals surface area contributed by atoms with Crippen LogP contribution < -0.4 is 15.1 Å². The Bertz CT molecular complexity index is 2740. The SMILES string of the molecule is c1ccc(N(c2ccc(-c3ccc(-c4ccc(-c5ccc(C6Nc7ccccc7N6c6ccccc6)cc5)cc4)cc3)cc2)c2cccc3ccccc23)cc1. The first-order valence-electron chi connectivity index (χ1n) is 19.2. The summed E-state index contributed by atoms with van der Waals surface area (Å²) < 4.78 is 0. The Morgan fingerprint density at radius 2 is 0.839 bits per heavy atom. The summed E-state index contributed by atoms with van der Waals surface area (Å²) in [5.41, 5.74) is 15.3. The van der Waals surface area contributed by atoms with Crippen molar-refractivity contribution in [1.29, 1.82) is 0 Å². The van der Waals surface area contributed by atoms with Gasteiger partial charge in [0.15, 0.2) is 0 Å². The van der Waals surface area contributed by atoms with E-state index in [9.17, 15) is 0 Å². The first-order valence-corrected chi connectivity index (χ1v) is 19.2. The van der Waals surface area contributed by atoms with Gasteiger partial charge in [-0.25, -0.2) is 0 Å². The highest BCUT2D eigenvalue weighted by Crippen LogP contribution is 2.46. The molecule has 1 aliphatic heterocycles. The van der Waals surface area contributed by atoms with Crippen LogP contribution in [-0.4, -0.2) is 0 Å². The molecule has 0 radical (unpaired) electrons. The second kappa shape index (κ2) is 14.5. The Balaban J connectivity index is 0.861. The van der Waals surface area contributed by atoms with E-state index >= 15 is 0 Å². The molecule has 1 heterocycles. The molecule has 10 rings (SSSR count).